The summed E-state index contributed by atoms with van der Waals surface area (Å²) in [6.07, 6.45) is -1.11. The first-order valence-electron chi connectivity index (χ1n) is 12.7. The average molecular weight is 551 g/mol. The van der Waals surface area contributed by atoms with Crippen molar-refractivity contribution in [3.05, 3.63) is 62.1 Å². The Morgan fingerprint density at radius 1 is 1.02 bits per heavy atom. The Labute approximate surface area is 229 Å². The normalized spacial score (nSPS) is 22.8. The third kappa shape index (κ3) is 3.05. The smallest absolute Gasteiger partial charge is 0.207 e. The molecule has 3 aliphatic rings. The number of aliphatic hydroxyl groups excluding tert-OH is 1. The highest BCUT2D eigenvalue weighted by atomic mass is 16.5. The third-order valence-corrected chi connectivity index (χ3v) is 8.92. The number of aryl methyl sites for hydroxylation is 1. The second-order valence-corrected chi connectivity index (χ2v) is 11.2. The van der Waals surface area contributed by atoms with E-state index in [9.17, 15) is 39.9 Å². The second kappa shape index (κ2) is 8.34. The average Bonchev–Trinajstić information content (AvgIpc) is 3.06. The van der Waals surface area contributed by atoms with E-state index in [-0.39, 0.29) is 45.8 Å². The molecule has 0 saturated carbocycles. The van der Waals surface area contributed by atoms with E-state index in [4.69, 9.17) is 9.47 Å². The minimum absolute atomic E-state index is 0.0351. The van der Waals surface area contributed by atoms with E-state index in [0.29, 0.717) is 11.1 Å². The number of fused-ring (bicyclic) bond motifs is 1. The minimum atomic E-state index is -2.35. The Balaban J connectivity index is 1.90. The van der Waals surface area contributed by atoms with Gasteiger partial charge in [0.15, 0.2) is 28.7 Å². The van der Waals surface area contributed by atoms with Crippen LogP contribution in [-0.4, -0.2) is 61.7 Å². The SMILES string of the molecule is COc1c(O)c2c3c(c1O)C(=O)C1(O)C(=C3C(O)=C(Cc3c(C)c(C)cc(C(C)=O)c3O)C2=O)OC(C)C1(C)C. The van der Waals surface area contributed by atoms with E-state index < -0.39 is 68.6 Å². The van der Waals surface area contributed by atoms with Crippen LogP contribution in [0.3, 0.4) is 0 Å². The van der Waals surface area contributed by atoms with Crippen LogP contribution in [0.5, 0.6) is 23.0 Å². The van der Waals surface area contributed by atoms with Gasteiger partial charge in [-0.2, -0.15) is 0 Å². The molecule has 40 heavy (non-hydrogen) atoms. The van der Waals surface area contributed by atoms with Crippen molar-refractivity contribution in [2.45, 2.75) is 59.7 Å². The number of hydrogen-bond acceptors (Lipinski definition) is 10. The van der Waals surface area contributed by atoms with Crippen LogP contribution in [0.4, 0.5) is 0 Å². The number of carbonyl (C=O) groups is 3. The molecule has 0 radical (unpaired) electrons. The molecule has 0 amide bonds. The fraction of sp³-hybridized carbons (Fsp3) is 0.367. The summed E-state index contributed by atoms with van der Waals surface area (Å²) in [5.41, 5.74) is -3.88. The highest BCUT2D eigenvalue weighted by Gasteiger charge is 2.67. The molecule has 2 unspecified atom stereocenters. The van der Waals surface area contributed by atoms with Crippen LogP contribution in [0.1, 0.15) is 81.0 Å². The molecule has 0 spiro atoms. The Bertz CT molecular complexity index is 1660. The summed E-state index contributed by atoms with van der Waals surface area (Å²) < 4.78 is 11.1. The summed E-state index contributed by atoms with van der Waals surface area (Å²) in [6, 6.07) is 1.53. The molecule has 2 aliphatic carbocycles. The van der Waals surface area contributed by atoms with E-state index in [1.54, 1.807) is 34.6 Å². The molecule has 5 N–H and O–H groups in total. The summed E-state index contributed by atoms with van der Waals surface area (Å²) >= 11 is 0. The lowest BCUT2D eigenvalue weighted by molar-refractivity contribution is -0.00677. The monoisotopic (exact) mass is 550 g/mol. The van der Waals surface area contributed by atoms with Gasteiger partial charge in [0.05, 0.1) is 29.4 Å². The molecule has 2 aromatic carbocycles. The van der Waals surface area contributed by atoms with E-state index in [2.05, 4.69) is 0 Å². The molecular formula is C30H30O10. The lowest BCUT2D eigenvalue weighted by Gasteiger charge is -2.39. The molecular weight excluding hydrogens is 520 g/mol. The van der Waals surface area contributed by atoms with Crippen molar-refractivity contribution in [1.82, 2.24) is 0 Å². The number of allylic oxidation sites excluding steroid dienone is 2. The van der Waals surface area contributed by atoms with Crippen LogP contribution in [0, 0.1) is 19.3 Å². The number of phenols is 3. The van der Waals surface area contributed by atoms with Gasteiger partial charge >= 0.3 is 0 Å². The third-order valence-electron chi connectivity index (χ3n) is 8.92. The van der Waals surface area contributed by atoms with Gasteiger partial charge in [-0.05, 0) is 44.9 Å². The van der Waals surface area contributed by atoms with Crippen LogP contribution in [0.2, 0.25) is 0 Å². The Kier molecular flexibility index (Phi) is 5.69. The van der Waals surface area contributed by atoms with Crippen molar-refractivity contribution in [1.29, 1.82) is 0 Å². The van der Waals surface area contributed by atoms with Gasteiger partial charge in [0.2, 0.25) is 11.5 Å². The molecule has 2 aromatic rings. The van der Waals surface area contributed by atoms with E-state index in [1.807, 2.05) is 0 Å². The summed E-state index contributed by atoms with van der Waals surface area (Å²) in [7, 11) is 1.13. The zero-order valence-electron chi connectivity index (χ0n) is 23.1. The van der Waals surface area contributed by atoms with Crippen molar-refractivity contribution in [3.8, 4) is 23.0 Å². The number of ketones is 3. The number of methoxy groups -OCH3 is 1. The molecule has 0 aromatic heterocycles. The molecule has 1 heterocycles. The first kappa shape index (κ1) is 27.3. The predicted octanol–water partition coefficient (Wildman–Crippen LogP) is 3.97. The molecule has 0 bridgehead atoms. The lowest BCUT2D eigenvalue weighted by atomic mass is 9.63. The molecule has 10 nitrogen and oxygen atoms in total. The zero-order valence-corrected chi connectivity index (χ0v) is 23.1. The molecule has 1 fully saturated rings. The number of hydrogen-bond donors (Lipinski definition) is 5. The number of benzene rings is 2. The van der Waals surface area contributed by atoms with Gasteiger partial charge < -0.3 is 35.0 Å². The molecule has 2 atom stereocenters. The Morgan fingerprint density at radius 3 is 2.20 bits per heavy atom. The van der Waals surface area contributed by atoms with Crippen molar-refractivity contribution < 1.29 is 49.4 Å². The first-order valence-corrected chi connectivity index (χ1v) is 12.7. The molecule has 5 rings (SSSR count). The summed E-state index contributed by atoms with van der Waals surface area (Å²) in [5.74, 6) is -5.74. The number of aliphatic hydroxyl groups is 2. The molecule has 210 valence electrons. The molecule has 10 heteroatoms. The number of aromatic hydroxyl groups is 3. The maximum atomic E-state index is 14.0. The van der Waals surface area contributed by atoms with Crippen molar-refractivity contribution in [2.75, 3.05) is 7.11 Å². The van der Waals surface area contributed by atoms with Gasteiger partial charge in [-0.25, -0.2) is 0 Å². The first-order chi connectivity index (χ1) is 18.5. The fourth-order valence-electron chi connectivity index (χ4n) is 5.94. The van der Waals surface area contributed by atoms with Crippen molar-refractivity contribution >= 4 is 22.9 Å². The number of ether oxygens (including phenoxy) is 2. The largest absolute Gasteiger partial charge is 0.507 e. The fourth-order valence-corrected chi connectivity index (χ4v) is 5.94. The van der Waals surface area contributed by atoms with Crippen LogP contribution in [0.25, 0.3) is 5.57 Å². The van der Waals surface area contributed by atoms with Crippen LogP contribution in [0.15, 0.2) is 23.2 Å². The summed E-state index contributed by atoms with van der Waals surface area (Å²) in [6.45, 7) is 9.53. The summed E-state index contributed by atoms with van der Waals surface area (Å²) in [5, 5.41) is 56.7. The maximum absolute atomic E-state index is 14.0. The van der Waals surface area contributed by atoms with Crippen molar-refractivity contribution in [2.24, 2.45) is 5.41 Å². The number of phenolic OH excluding ortho intramolecular Hbond substituents is 3. The number of Topliss-reactive ketones (excluding diaryl/α,β-unsaturated/α-hetero) is 3. The van der Waals surface area contributed by atoms with Gasteiger partial charge in [-0.1, -0.05) is 13.8 Å². The maximum Gasteiger partial charge on any atom is 0.207 e. The Hall–Kier alpha value is -4.31. The van der Waals surface area contributed by atoms with Gasteiger partial charge in [-0.3, -0.25) is 14.4 Å². The number of rotatable bonds is 4. The highest BCUT2D eigenvalue weighted by molar-refractivity contribution is 6.26. The standard InChI is InChI=1S/C30H30O10/c1-10-8-15(12(3)31)21(32)14(11(10)2)9-16-22(33)18-17-19(25(36)26(39-7)24(18)35)27(37)30(38)28(20(17)23(16)34)40-13(4)29(30,5)6/h8,13,32,34-36,38H,9H2,1-7H3. The van der Waals surface area contributed by atoms with Crippen LogP contribution >= 0.6 is 0 Å². The highest BCUT2D eigenvalue weighted by Crippen LogP contribution is 2.61. The number of carbonyl (C=O) groups excluding carboxylic acids is 3. The van der Waals surface area contributed by atoms with Gasteiger partial charge in [0.25, 0.3) is 0 Å². The topological polar surface area (TPSA) is 171 Å². The van der Waals surface area contributed by atoms with Gasteiger partial charge in [0, 0.05) is 28.5 Å². The molecule has 1 saturated heterocycles. The lowest BCUT2D eigenvalue weighted by Crippen LogP contribution is -2.53. The van der Waals surface area contributed by atoms with E-state index in [1.165, 1.54) is 13.0 Å². The van der Waals surface area contributed by atoms with Gasteiger partial charge in [-0.15, -0.1) is 0 Å². The quantitative estimate of drug-likeness (QED) is 0.351. The predicted molar refractivity (Wildman–Crippen MR) is 142 cm³/mol. The van der Waals surface area contributed by atoms with E-state index >= 15 is 0 Å². The zero-order chi connectivity index (χ0) is 29.8. The van der Waals surface area contributed by atoms with Crippen LogP contribution < -0.4 is 4.74 Å². The van der Waals surface area contributed by atoms with E-state index in [0.717, 1.165) is 7.11 Å². The van der Waals surface area contributed by atoms with Gasteiger partial charge in [0.1, 0.15) is 23.4 Å². The molecule has 1 aliphatic heterocycles. The van der Waals surface area contributed by atoms with Crippen LogP contribution in [-0.2, 0) is 11.2 Å². The summed E-state index contributed by atoms with van der Waals surface area (Å²) in [4.78, 5) is 40.1. The minimum Gasteiger partial charge on any atom is -0.507 e. The second-order valence-electron chi connectivity index (χ2n) is 11.2. The Morgan fingerprint density at radius 2 is 1.62 bits per heavy atom. The van der Waals surface area contributed by atoms with Crippen molar-refractivity contribution in [3.63, 3.8) is 0 Å².